The van der Waals surface area contributed by atoms with Crippen LogP contribution in [0.3, 0.4) is 0 Å². The van der Waals surface area contributed by atoms with E-state index in [0.717, 1.165) is 5.69 Å². The van der Waals surface area contributed by atoms with Crippen molar-refractivity contribution in [2.75, 3.05) is 42.4 Å². The maximum atomic E-state index is 13.1. The predicted octanol–water partition coefficient (Wildman–Crippen LogP) is 3.35. The molecule has 3 aromatic rings. The highest BCUT2D eigenvalue weighted by atomic mass is 32.2. The van der Waals surface area contributed by atoms with Gasteiger partial charge in [-0.15, -0.1) is 0 Å². The number of amides is 1. The molecule has 0 spiro atoms. The molecule has 0 radical (unpaired) electrons. The molecule has 1 fully saturated rings. The summed E-state index contributed by atoms with van der Waals surface area (Å²) >= 11 is 0. The zero-order chi connectivity index (χ0) is 23.3. The van der Waals surface area contributed by atoms with E-state index in [-0.39, 0.29) is 23.2 Å². The van der Waals surface area contributed by atoms with Crippen LogP contribution in [0.25, 0.3) is 0 Å². The number of nitrogens with one attached hydrogen (secondary N) is 1. The first-order valence-corrected chi connectivity index (χ1v) is 12.0. The molecule has 0 aliphatic carbocycles. The minimum absolute atomic E-state index is 0.0990. The van der Waals surface area contributed by atoms with Crippen LogP contribution in [-0.2, 0) is 14.8 Å². The van der Waals surface area contributed by atoms with Gasteiger partial charge >= 0.3 is 0 Å². The van der Waals surface area contributed by atoms with Gasteiger partial charge in [0.1, 0.15) is 11.6 Å². The average Bonchev–Trinajstić information content (AvgIpc) is 2.84. The lowest BCUT2D eigenvalue weighted by Gasteiger charge is -2.36. The van der Waals surface area contributed by atoms with Crippen LogP contribution >= 0.6 is 0 Å². The highest BCUT2D eigenvalue weighted by molar-refractivity contribution is 7.92. The highest BCUT2D eigenvalue weighted by Crippen LogP contribution is 2.20. The van der Waals surface area contributed by atoms with Crippen molar-refractivity contribution >= 4 is 27.3 Å². The van der Waals surface area contributed by atoms with E-state index in [1.54, 1.807) is 47.4 Å². The molecule has 3 aromatic carbocycles. The number of carbonyl (C=O) groups is 1. The zero-order valence-corrected chi connectivity index (χ0v) is 18.7. The quantitative estimate of drug-likeness (QED) is 0.574. The molecule has 1 aliphatic heterocycles. The van der Waals surface area contributed by atoms with Gasteiger partial charge in [0.15, 0.2) is 6.61 Å². The Morgan fingerprint density at radius 1 is 0.879 bits per heavy atom. The molecule has 0 aromatic heterocycles. The van der Waals surface area contributed by atoms with Crippen LogP contribution in [-0.4, -0.2) is 52.0 Å². The van der Waals surface area contributed by atoms with Crippen molar-refractivity contribution in [2.24, 2.45) is 0 Å². The predicted molar refractivity (Wildman–Crippen MR) is 124 cm³/mol. The fourth-order valence-corrected chi connectivity index (χ4v) is 4.60. The maximum Gasteiger partial charge on any atom is 0.261 e. The van der Waals surface area contributed by atoms with Crippen LogP contribution < -0.4 is 14.4 Å². The Kier molecular flexibility index (Phi) is 6.79. The summed E-state index contributed by atoms with van der Waals surface area (Å²) in [4.78, 5) is 16.4. The first kappa shape index (κ1) is 22.6. The largest absolute Gasteiger partial charge is 0.484 e. The Balaban J connectivity index is 1.27. The van der Waals surface area contributed by atoms with Gasteiger partial charge in [0.25, 0.3) is 15.9 Å². The molecule has 1 amide bonds. The lowest BCUT2D eigenvalue weighted by atomic mass is 10.2. The number of benzene rings is 3. The van der Waals surface area contributed by atoms with Gasteiger partial charge in [-0.2, -0.15) is 0 Å². The topological polar surface area (TPSA) is 78.9 Å². The molecule has 0 atom stereocenters. The Labute approximate surface area is 192 Å². The molecular formula is C24H24FN3O4S. The maximum absolute atomic E-state index is 13.1. The van der Waals surface area contributed by atoms with Crippen molar-refractivity contribution in [3.63, 3.8) is 0 Å². The molecule has 1 N–H and O–H groups in total. The molecular weight excluding hydrogens is 445 g/mol. The fourth-order valence-electron chi connectivity index (χ4n) is 3.54. The number of ether oxygens (including phenoxy) is 1. The average molecular weight is 470 g/mol. The molecule has 7 nitrogen and oxygen atoms in total. The number of hydrogen-bond acceptors (Lipinski definition) is 5. The van der Waals surface area contributed by atoms with E-state index in [9.17, 15) is 17.6 Å². The smallest absolute Gasteiger partial charge is 0.261 e. The lowest BCUT2D eigenvalue weighted by molar-refractivity contribution is -0.133. The summed E-state index contributed by atoms with van der Waals surface area (Å²) in [5.74, 6) is -0.00837. The van der Waals surface area contributed by atoms with E-state index in [2.05, 4.69) is 9.62 Å². The molecule has 1 aliphatic rings. The fraction of sp³-hybridized carbons (Fsp3) is 0.208. The summed E-state index contributed by atoms with van der Waals surface area (Å²) in [6.45, 7) is 2.26. The number of para-hydroxylation sites is 1. The minimum Gasteiger partial charge on any atom is -0.484 e. The van der Waals surface area contributed by atoms with Crippen molar-refractivity contribution in [3.8, 4) is 5.75 Å². The summed E-state index contributed by atoms with van der Waals surface area (Å²) < 4.78 is 46.2. The number of hydrogen-bond donors (Lipinski definition) is 1. The van der Waals surface area contributed by atoms with E-state index >= 15 is 0 Å². The van der Waals surface area contributed by atoms with Gasteiger partial charge in [0, 0.05) is 37.6 Å². The highest BCUT2D eigenvalue weighted by Gasteiger charge is 2.22. The van der Waals surface area contributed by atoms with Gasteiger partial charge in [-0.25, -0.2) is 12.8 Å². The van der Waals surface area contributed by atoms with Gasteiger partial charge in [-0.3, -0.25) is 9.52 Å². The number of sulfonamides is 1. The van der Waals surface area contributed by atoms with Crippen molar-refractivity contribution in [1.82, 2.24) is 4.90 Å². The molecule has 1 saturated heterocycles. The van der Waals surface area contributed by atoms with Crippen LogP contribution in [0, 0.1) is 5.82 Å². The summed E-state index contributed by atoms with van der Waals surface area (Å²) in [5, 5.41) is 0. The lowest BCUT2D eigenvalue weighted by Crippen LogP contribution is -2.50. The number of piperazine rings is 1. The van der Waals surface area contributed by atoms with E-state index in [1.165, 1.54) is 36.4 Å². The van der Waals surface area contributed by atoms with E-state index in [4.69, 9.17) is 4.74 Å². The summed E-state index contributed by atoms with van der Waals surface area (Å²) in [5.41, 5.74) is 1.40. The van der Waals surface area contributed by atoms with E-state index in [1.807, 2.05) is 0 Å². The summed E-state index contributed by atoms with van der Waals surface area (Å²) in [6.07, 6.45) is 0. The SMILES string of the molecule is O=C(COc1ccc(S(=O)(=O)Nc2ccccc2)cc1)N1CCN(c2ccc(F)cc2)CC1. The zero-order valence-electron chi connectivity index (χ0n) is 17.9. The molecule has 9 heteroatoms. The number of carbonyl (C=O) groups excluding carboxylic acids is 1. The third-order valence-electron chi connectivity index (χ3n) is 5.35. The van der Waals surface area contributed by atoms with E-state index < -0.39 is 10.0 Å². The summed E-state index contributed by atoms with van der Waals surface area (Å²) in [6, 6.07) is 20.9. The molecule has 172 valence electrons. The van der Waals surface area contributed by atoms with Crippen LogP contribution in [0.15, 0.2) is 83.8 Å². The second kappa shape index (κ2) is 9.91. The first-order valence-electron chi connectivity index (χ1n) is 10.5. The van der Waals surface area contributed by atoms with Gasteiger partial charge in [-0.05, 0) is 60.7 Å². The minimum atomic E-state index is -3.72. The number of rotatable bonds is 7. The Morgan fingerprint density at radius 3 is 2.15 bits per heavy atom. The van der Waals surface area contributed by atoms with Crippen LogP contribution in [0.1, 0.15) is 0 Å². The standard InChI is InChI=1S/C24H24FN3O4S/c25-19-6-8-21(9-7-19)27-14-16-28(17-15-27)24(29)18-32-22-10-12-23(13-11-22)33(30,31)26-20-4-2-1-3-5-20/h1-13,26H,14-18H2. The second-order valence-electron chi connectivity index (χ2n) is 7.58. The third-order valence-corrected chi connectivity index (χ3v) is 6.74. The van der Waals surface area contributed by atoms with Crippen molar-refractivity contribution in [2.45, 2.75) is 4.90 Å². The van der Waals surface area contributed by atoms with Crippen LogP contribution in [0.2, 0.25) is 0 Å². The molecule has 0 bridgehead atoms. The van der Waals surface area contributed by atoms with Gasteiger partial charge < -0.3 is 14.5 Å². The molecule has 0 unspecified atom stereocenters. The Morgan fingerprint density at radius 2 is 1.52 bits per heavy atom. The van der Waals surface area contributed by atoms with Crippen LogP contribution in [0.5, 0.6) is 5.75 Å². The Hall–Kier alpha value is -3.59. The van der Waals surface area contributed by atoms with Gasteiger partial charge in [-0.1, -0.05) is 18.2 Å². The van der Waals surface area contributed by atoms with Crippen molar-refractivity contribution < 1.29 is 22.3 Å². The molecule has 33 heavy (non-hydrogen) atoms. The molecule has 0 saturated carbocycles. The van der Waals surface area contributed by atoms with Gasteiger partial charge in [0.05, 0.1) is 4.90 Å². The third kappa shape index (κ3) is 5.81. The Bertz CT molecular complexity index is 1180. The normalized spacial score (nSPS) is 14.1. The van der Waals surface area contributed by atoms with Crippen LogP contribution in [0.4, 0.5) is 15.8 Å². The summed E-state index contributed by atoms with van der Waals surface area (Å²) in [7, 11) is -3.72. The monoisotopic (exact) mass is 469 g/mol. The number of nitrogens with zero attached hydrogens (tertiary/aromatic N) is 2. The number of halogens is 1. The van der Waals surface area contributed by atoms with E-state index in [0.29, 0.717) is 37.6 Å². The van der Waals surface area contributed by atoms with Crippen molar-refractivity contribution in [3.05, 3.63) is 84.7 Å². The first-order chi connectivity index (χ1) is 15.9. The number of anilines is 2. The van der Waals surface area contributed by atoms with Gasteiger partial charge in [0.2, 0.25) is 0 Å². The van der Waals surface area contributed by atoms with Crippen molar-refractivity contribution in [1.29, 1.82) is 0 Å². The molecule has 4 rings (SSSR count). The molecule has 1 heterocycles. The second-order valence-corrected chi connectivity index (χ2v) is 9.26.